The van der Waals surface area contributed by atoms with Gasteiger partial charge in [0.05, 0.1) is 5.41 Å². The molecule has 0 amide bonds. The third-order valence-electron chi connectivity index (χ3n) is 6.82. The summed E-state index contributed by atoms with van der Waals surface area (Å²) in [7, 11) is 0. The number of benzene rings is 1. The maximum atomic E-state index is 11.3. The Labute approximate surface area is 186 Å². The summed E-state index contributed by atoms with van der Waals surface area (Å²) in [4.78, 5) is 11.3. The molecule has 1 N–H and O–H groups in total. The van der Waals surface area contributed by atoms with Crippen LogP contribution >= 0.6 is 0 Å². The largest absolute Gasteiger partial charge is 0.481 e. The van der Waals surface area contributed by atoms with Crippen molar-refractivity contribution in [1.82, 2.24) is 0 Å². The van der Waals surface area contributed by atoms with Gasteiger partial charge in [-0.3, -0.25) is 4.79 Å². The Bertz CT molecular complexity index is 677. The number of carbonyl (C=O) groups is 1. The van der Waals surface area contributed by atoms with E-state index in [0.717, 1.165) is 32.1 Å². The zero-order chi connectivity index (χ0) is 22.9. The summed E-state index contributed by atoms with van der Waals surface area (Å²) < 4.78 is 0. The lowest BCUT2D eigenvalue weighted by Crippen LogP contribution is -2.23. The maximum absolute atomic E-state index is 11.3. The average Bonchev–Trinajstić information content (AvgIpc) is 2.63. The summed E-state index contributed by atoms with van der Waals surface area (Å²) in [6.07, 6.45) is 12.9. The van der Waals surface area contributed by atoms with E-state index in [2.05, 4.69) is 47.6 Å². The molecule has 0 bridgehead atoms. The van der Waals surface area contributed by atoms with Gasteiger partial charge >= 0.3 is 5.97 Å². The highest BCUT2D eigenvalue weighted by atomic mass is 16.4. The van der Waals surface area contributed by atoms with Crippen LogP contribution in [0.4, 0.5) is 0 Å². The summed E-state index contributed by atoms with van der Waals surface area (Å²) in [5.74, 6) is -0.683. The molecule has 0 heterocycles. The third-order valence-corrected chi connectivity index (χ3v) is 6.82. The lowest BCUT2D eigenvalue weighted by Gasteiger charge is -2.20. The Morgan fingerprint density at radius 3 is 1.90 bits per heavy atom. The molecule has 1 aromatic rings. The number of unbranched alkanes of at least 4 members (excludes halogenated alkanes) is 5. The number of hydrogen-bond donors (Lipinski definition) is 1. The molecule has 0 aromatic heterocycles. The second-order valence-corrected chi connectivity index (χ2v) is 11.3. The van der Waals surface area contributed by atoms with Crippen molar-refractivity contribution in [2.45, 2.75) is 126 Å². The van der Waals surface area contributed by atoms with E-state index in [-0.39, 0.29) is 0 Å². The van der Waals surface area contributed by atoms with E-state index >= 15 is 0 Å². The molecular weight excluding hydrogens is 368 g/mol. The van der Waals surface area contributed by atoms with Crippen molar-refractivity contribution in [2.75, 3.05) is 0 Å². The van der Waals surface area contributed by atoms with E-state index in [1.165, 1.54) is 60.8 Å². The Morgan fingerprint density at radius 2 is 1.30 bits per heavy atom. The molecule has 172 valence electrons. The first kappa shape index (κ1) is 26.7. The minimum absolute atomic E-state index is 0.456. The first-order valence-electron chi connectivity index (χ1n) is 12.2. The standard InChI is InChI=1S/C28H48O2/c1-21-20-24(16-12-11-15-19-28(7,8)26(29)30)25(23(3)22(21)2)17-13-9-10-14-18-27(4,5)6/h20H,9-19H2,1-8H3,(H,29,30). The molecule has 0 spiro atoms. The minimum Gasteiger partial charge on any atom is -0.481 e. The van der Waals surface area contributed by atoms with Crippen LogP contribution in [0.15, 0.2) is 6.07 Å². The fraction of sp³-hybridized carbons (Fsp3) is 0.750. The molecule has 0 aliphatic heterocycles. The van der Waals surface area contributed by atoms with Gasteiger partial charge in [-0.05, 0) is 106 Å². The molecule has 0 fully saturated rings. The van der Waals surface area contributed by atoms with Crippen molar-refractivity contribution < 1.29 is 9.90 Å². The molecule has 2 heteroatoms. The number of aliphatic carboxylic acids is 1. The third kappa shape index (κ3) is 9.23. The minimum atomic E-state index is -0.683. The van der Waals surface area contributed by atoms with Gasteiger partial charge in [0, 0.05) is 0 Å². The van der Waals surface area contributed by atoms with Gasteiger partial charge in [0.2, 0.25) is 0 Å². The van der Waals surface area contributed by atoms with Crippen molar-refractivity contribution in [3.8, 4) is 0 Å². The Balaban J connectivity index is 2.59. The Morgan fingerprint density at radius 1 is 0.767 bits per heavy atom. The molecule has 1 aromatic carbocycles. The van der Waals surface area contributed by atoms with E-state index in [4.69, 9.17) is 0 Å². The van der Waals surface area contributed by atoms with E-state index < -0.39 is 11.4 Å². The zero-order valence-electron chi connectivity index (χ0n) is 21.2. The number of aryl methyl sites for hydroxylation is 2. The van der Waals surface area contributed by atoms with Gasteiger partial charge in [0.25, 0.3) is 0 Å². The van der Waals surface area contributed by atoms with Crippen LogP contribution in [0.25, 0.3) is 0 Å². The van der Waals surface area contributed by atoms with E-state index in [1.807, 2.05) is 13.8 Å². The molecule has 2 nitrogen and oxygen atoms in total. The van der Waals surface area contributed by atoms with Crippen molar-refractivity contribution in [1.29, 1.82) is 0 Å². The summed E-state index contributed by atoms with van der Waals surface area (Å²) in [5, 5.41) is 9.28. The maximum Gasteiger partial charge on any atom is 0.309 e. The molecule has 0 saturated carbocycles. The Kier molecular flexibility index (Phi) is 10.6. The molecule has 0 atom stereocenters. The molecule has 0 unspecified atom stereocenters. The van der Waals surface area contributed by atoms with Crippen molar-refractivity contribution in [3.63, 3.8) is 0 Å². The summed E-state index contributed by atoms with van der Waals surface area (Å²) in [5.41, 5.74) is 7.31. The normalized spacial score (nSPS) is 12.4. The van der Waals surface area contributed by atoms with Gasteiger partial charge in [-0.15, -0.1) is 0 Å². The second-order valence-electron chi connectivity index (χ2n) is 11.3. The summed E-state index contributed by atoms with van der Waals surface area (Å²) >= 11 is 0. The first-order chi connectivity index (χ1) is 13.8. The van der Waals surface area contributed by atoms with Crippen LogP contribution in [0.2, 0.25) is 0 Å². The predicted molar refractivity (Wildman–Crippen MR) is 130 cm³/mol. The van der Waals surface area contributed by atoms with Crippen LogP contribution in [-0.4, -0.2) is 11.1 Å². The lowest BCUT2D eigenvalue weighted by molar-refractivity contribution is -0.147. The topological polar surface area (TPSA) is 37.3 Å². The van der Waals surface area contributed by atoms with Gasteiger partial charge < -0.3 is 5.11 Å². The highest BCUT2D eigenvalue weighted by molar-refractivity contribution is 5.73. The molecule has 1 rings (SSSR count). The predicted octanol–water partition coefficient (Wildman–Crippen LogP) is 8.36. The van der Waals surface area contributed by atoms with Gasteiger partial charge in [0.15, 0.2) is 0 Å². The van der Waals surface area contributed by atoms with E-state index in [9.17, 15) is 9.90 Å². The SMILES string of the molecule is Cc1cc(CCCCCC(C)(C)C(=O)O)c(CCCCCCC(C)(C)C)c(C)c1C. The molecule has 30 heavy (non-hydrogen) atoms. The quantitative estimate of drug-likeness (QED) is 0.328. The van der Waals surface area contributed by atoms with Crippen LogP contribution in [0, 0.1) is 31.6 Å². The van der Waals surface area contributed by atoms with Crippen LogP contribution in [0.3, 0.4) is 0 Å². The van der Waals surface area contributed by atoms with Crippen LogP contribution < -0.4 is 0 Å². The van der Waals surface area contributed by atoms with Crippen LogP contribution in [0.5, 0.6) is 0 Å². The molecule has 0 aliphatic rings. The smallest absolute Gasteiger partial charge is 0.309 e. The van der Waals surface area contributed by atoms with Crippen LogP contribution in [-0.2, 0) is 17.6 Å². The van der Waals surface area contributed by atoms with Gasteiger partial charge in [-0.1, -0.05) is 58.9 Å². The average molecular weight is 417 g/mol. The van der Waals surface area contributed by atoms with E-state index in [1.54, 1.807) is 5.56 Å². The van der Waals surface area contributed by atoms with E-state index in [0.29, 0.717) is 5.41 Å². The van der Waals surface area contributed by atoms with Crippen molar-refractivity contribution in [2.24, 2.45) is 10.8 Å². The zero-order valence-corrected chi connectivity index (χ0v) is 21.2. The van der Waals surface area contributed by atoms with Gasteiger partial charge in [0.1, 0.15) is 0 Å². The van der Waals surface area contributed by atoms with Crippen molar-refractivity contribution >= 4 is 5.97 Å². The number of carboxylic acids is 1. The Hall–Kier alpha value is -1.31. The first-order valence-corrected chi connectivity index (χ1v) is 12.2. The lowest BCUT2D eigenvalue weighted by atomic mass is 9.85. The number of hydrogen-bond acceptors (Lipinski definition) is 1. The fourth-order valence-corrected chi connectivity index (χ4v) is 4.27. The highest BCUT2D eigenvalue weighted by Gasteiger charge is 2.26. The monoisotopic (exact) mass is 416 g/mol. The molecule has 0 saturated heterocycles. The molecule has 0 radical (unpaired) electrons. The van der Waals surface area contributed by atoms with Gasteiger partial charge in [-0.25, -0.2) is 0 Å². The number of carboxylic acid groups (broad SMARTS) is 1. The molecular formula is C28H48O2. The van der Waals surface area contributed by atoms with Crippen molar-refractivity contribution in [3.05, 3.63) is 33.9 Å². The van der Waals surface area contributed by atoms with Crippen LogP contribution in [0.1, 0.15) is 120 Å². The fourth-order valence-electron chi connectivity index (χ4n) is 4.27. The second kappa shape index (κ2) is 11.9. The van der Waals surface area contributed by atoms with Gasteiger partial charge in [-0.2, -0.15) is 0 Å². The highest BCUT2D eigenvalue weighted by Crippen LogP contribution is 2.28. The number of rotatable bonds is 13. The summed E-state index contributed by atoms with van der Waals surface area (Å²) in [6.45, 7) is 17.5. The molecule has 0 aliphatic carbocycles. The summed E-state index contributed by atoms with van der Waals surface area (Å²) in [6, 6.07) is 2.42.